The quantitative estimate of drug-likeness (QED) is 0.852. The predicted molar refractivity (Wildman–Crippen MR) is 90.7 cm³/mol. The molecule has 2 aromatic rings. The number of carbonyl (C=O) groups is 1. The number of rotatable bonds is 3. The fraction of sp³-hybridized carbons (Fsp3) is 0.412. The van der Waals surface area contributed by atoms with Gasteiger partial charge < -0.3 is 4.90 Å². The maximum absolute atomic E-state index is 12.7. The molecule has 24 heavy (non-hydrogen) atoms. The van der Waals surface area contributed by atoms with E-state index in [1.807, 2.05) is 28.9 Å². The molecular formula is C17H21N3O3S. The topological polar surface area (TPSA) is 72.3 Å². The average molecular weight is 347 g/mol. The van der Waals surface area contributed by atoms with Crippen molar-refractivity contribution < 1.29 is 13.2 Å². The van der Waals surface area contributed by atoms with E-state index in [-0.39, 0.29) is 16.8 Å². The molecule has 0 radical (unpaired) electrons. The zero-order chi connectivity index (χ0) is 17.3. The van der Waals surface area contributed by atoms with Crippen LogP contribution in [0.15, 0.2) is 41.6 Å². The van der Waals surface area contributed by atoms with Gasteiger partial charge in [-0.2, -0.15) is 5.10 Å². The van der Waals surface area contributed by atoms with Crippen LogP contribution in [0.3, 0.4) is 0 Å². The molecule has 1 fully saturated rings. The fourth-order valence-corrected chi connectivity index (χ4v) is 3.65. The Kier molecular flexibility index (Phi) is 4.45. The first-order valence-electron chi connectivity index (χ1n) is 7.95. The molecule has 0 aliphatic carbocycles. The molecule has 1 aliphatic heterocycles. The average Bonchev–Trinajstić information content (AvgIpc) is 3.00. The molecule has 1 aromatic heterocycles. The Balaban J connectivity index is 1.74. The Morgan fingerprint density at radius 1 is 1.25 bits per heavy atom. The van der Waals surface area contributed by atoms with Gasteiger partial charge in [-0.3, -0.25) is 9.48 Å². The molecule has 0 unspecified atom stereocenters. The molecule has 0 spiro atoms. The smallest absolute Gasteiger partial charge is 0.253 e. The van der Waals surface area contributed by atoms with E-state index >= 15 is 0 Å². The third-order valence-electron chi connectivity index (χ3n) is 4.32. The van der Waals surface area contributed by atoms with Gasteiger partial charge in [0.15, 0.2) is 9.84 Å². The summed E-state index contributed by atoms with van der Waals surface area (Å²) in [5.74, 6) is -0.0661. The predicted octanol–water partition coefficient (Wildman–Crippen LogP) is 2.07. The van der Waals surface area contributed by atoms with E-state index in [1.165, 1.54) is 12.1 Å². The molecule has 0 bridgehead atoms. The van der Waals surface area contributed by atoms with Gasteiger partial charge in [-0.15, -0.1) is 0 Å². The number of nitrogens with zero attached hydrogens (tertiary/aromatic N) is 3. The first kappa shape index (κ1) is 16.7. The second kappa shape index (κ2) is 6.39. The number of aryl methyl sites for hydroxylation is 1. The van der Waals surface area contributed by atoms with Gasteiger partial charge in [0.1, 0.15) is 0 Å². The Bertz CT molecular complexity index is 840. The van der Waals surface area contributed by atoms with Crippen molar-refractivity contribution in [2.45, 2.75) is 30.7 Å². The minimum absolute atomic E-state index is 0.0661. The Hall–Kier alpha value is -2.15. The lowest BCUT2D eigenvalue weighted by atomic mass is 10.0. The maximum Gasteiger partial charge on any atom is 0.253 e. The second-order valence-electron chi connectivity index (χ2n) is 6.34. The minimum atomic E-state index is -3.25. The van der Waals surface area contributed by atoms with E-state index < -0.39 is 9.84 Å². The number of piperidine rings is 1. The zero-order valence-corrected chi connectivity index (χ0v) is 14.7. The molecule has 1 saturated heterocycles. The van der Waals surface area contributed by atoms with Gasteiger partial charge in [0, 0.05) is 31.1 Å². The van der Waals surface area contributed by atoms with Crippen LogP contribution in [0.25, 0.3) is 0 Å². The molecule has 2 heterocycles. The second-order valence-corrected chi connectivity index (χ2v) is 8.36. The summed E-state index contributed by atoms with van der Waals surface area (Å²) < 4.78 is 25.0. The third kappa shape index (κ3) is 3.51. The first-order valence-corrected chi connectivity index (χ1v) is 9.84. The summed E-state index contributed by atoms with van der Waals surface area (Å²) >= 11 is 0. The monoisotopic (exact) mass is 347 g/mol. The van der Waals surface area contributed by atoms with Gasteiger partial charge in [-0.25, -0.2) is 8.42 Å². The number of sulfone groups is 1. The van der Waals surface area contributed by atoms with Gasteiger partial charge >= 0.3 is 0 Å². The summed E-state index contributed by atoms with van der Waals surface area (Å²) in [6.45, 7) is 3.33. The molecule has 0 saturated carbocycles. The van der Waals surface area contributed by atoms with Crippen LogP contribution in [0.5, 0.6) is 0 Å². The van der Waals surface area contributed by atoms with Crippen molar-refractivity contribution in [1.82, 2.24) is 14.7 Å². The summed E-state index contributed by atoms with van der Waals surface area (Å²) in [7, 11) is -3.25. The van der Waals surface area contributed by atoms with E-state index in [2.05, 4.69) is 5.10 Å². The minimum Gasteiger partial charge on any atom is -0.337 e. The first-order chi connectivity index (χ1) is 11.3. The number of benzene rings is 1. The van der Waals surface area contributed by atoms with Crippen LogP contribution >= 0.6 is 0 Å². The van der Waals surface area contributed by atoms with E-state index in [9.17, 15) is 13.2 Å². The van der Waals surface area contributed by atoms with Crippen LogP contribution in [0.4, 0.5) is 0 Å². The van der Waals surface area contributed by atoms with Crippen molar-refractivity contribution in [3.8, 4) is 0 Å². The van der Waals surface area contributed by atoms with Crippen molar-refractivity contribution in [3.63, 3.8) is 0 Å². The number of carbonyl (C=O) groups excluding carboxylic acids is 1. The third-order valence-corrected chi connectivity index (χ3v) is 5.45. The highest BCUT2D eigenvalue weighted by atomic mass is 32.2. The van der Waals surface area contributed by atoms with Crippen molar-refractivity contribution >= 4 is 15.7 Å². The number of aromatic nitrogens is 2. The van der Waals surface area contributed by atoms with Crippen LogP contribution in [0.1, 0.15) is 34.8 Å². The van der Waals surface area contributed by atoms with Gasteiger partial charge in [0.05, 0.1) is 17.1 Å². The van der Waals surface area contributed by atoms with Gasteiger partial charge in [-0.05, 0) is 49.6 Å². The van der Waals surface area contributed by atoms with Gasteiger partial charge in [-0.1, -0.05) is 0 Å². The van der Waals surface area contributed by atoms with Crippen LogP contribution in [-0.4, -0.2) is 48.4 Å². The summed E-state index contributed by atoms with van der Waals surface area (Å²) in [4.78, 5) is 14.7. The Morgan fingerprint density at radius 2 is 1.96 bits per heavy atom. The highest BCUT2D eigenvalue weighted by Gasteiger charge is 2.26. The number of hydrogen-bond donors (Lipinski definition) is 0. The van der Waals surface area contributed by atoms with Crippen LogP contribution in [0, 0.1) is 6.92 Å². The highest BCUT2D eigenvalue weighted by molar-refractivity contribution is 7.90. The molecule has 1 amide bonds. The normalized spacial score (nSPS) is 18.6. The molecule has 7 heteroatoms. The SMILES string of the molecule is Cc1cnn([C@H]2CCCN(C(=O)c3ccc(S(C)(=O)=O)cc3)C2)c1. The van der Waals surface area contributed by atoms with Crippen LogP contribution in [-0.2, 0) is 9.84 Å². The van der Waals surface area contributed by atoms with Crippen molar-refractivity contribution in [1.29, 1.82) is 0 Å². The molecular weight excluding hydrogens is 326 g/mol. The lowest BCUT2D eigenvalue weighted by molar-refractivity contribution is 0.0673. The molecule has 1 aromatic carbocycles. The number of amides is 1. The number of hydrogen-bond acceptors (Lipinski definition) is 4. The molecule has 128 valence electrons. The molecule has 1 atom stereocenters. The van der Waals surface area contributed by atoms with Crippen molar-refractivity contribution in [2.24, 2.45) is 0 Å². The molecule has 0 N–H and O–H groups in total. The summed E-state index contributed by atoms with van der Waals surface area (Å²) in [6, 6.07) is 6.33. The zero-order valence-electron chi connectivity index (χ0n) is 13.8. The largest absolute Gasteiger partial charge is 0.337 e. The van der Waals surface area contributed by atoms with Crippen LogP contribution < -0.4 is 0 Å². The van der Waals surface area contributed by atoms with Crippen molar-refractivity contribution in [2.75, 3.05) is 19.3 Å². The van der Waals surface area contributed by atoms with Crippen molar-refractivity contribution in [3.05, 3.63) is 47.8 Å². The fourth-order valence-electron chi connectivity index (χ4n) is 3.02. The highest BCUT2D eigenvalue weighted by Crippen LogP contribution is 2.23. The van der Waals surface area contributed by atoms with Gasteiger partial charge in [0.25, 0.3) is 5.91 Å². The number of likely N-dealkylation sites (tertiary alicyclic amines) is 1. The summed E-state index contributed by atoms with van der Waals surface area (Å²) in [5, 5.41) is 4.36. The van der Waals surface area contributed by atoms with Crippen LogP contribution in [0.2, 0.25) is 0 Å². The maximum atomic E-state index is 12.7. The lowest BCUT2D eigenvalue weighted by Gasteiger charge is -2.33. The molecule has 6 nitrogen and oxygen atoms in total. The Labute approximate surface area is 142 Å². The standard InChI is InChI=1S/C17H21N3O3S/c1-13-10-18-20(11-13)15-4-3-9-19(12-15)17(21)14-5-7-16(8-6-14)24(2,22)23/h5-8,10-11,15H,3-4,9,12H2,1-2H3/t15-/m0/s1. The Morgan fingerprint density at radius 3 is 2.54 bits per heavy atom. The van der Waals surface area contributed by atoms with E-state index in [0.29, 0.717) is 18.7 Å². The summed E-state index contributed by atoms with van der Waals surface area (Å²) in [5.41, 5.74) is 1.62. The van der Waals surface area contributed by atoms with E-state index in [1.54, 1.807) is 12.1 Å². The summed E-state index contributed by atoms with van der Waals surface area (Å²) in [6.07, 6.45) is 6.91. The van der Waals surface area contributed by atoms with E-state index in [0.717, 1.165) is 24.7 Å². The molecule has 3 rings (SSSR count). The van der Waals surface area contributed by atoms with E-state index in [4.69, 9.17) is 0 Å². The van der Waals surface area contributed by atoms with Gasteiger partial charge in [0.2, 0.25) is 0 Å². The molecule has 1 aliphatic rings. The lowest BCUT2D eigenvalue weighted by Crippen LogP contribution is -2.40.